The number of rotatable bonds is 6. The van der Waals surface area contributed by atoms with Gasteiger partial charge in [-0.3, -0.25) is 4.99 Å². The van der Waals surface area contributed by atoms with Gasteiger partial charge in [0.1, 0.15) is 17.9 Å². The van der Waals surface area contributed by atoms with Gasteiger partial charge < -0.3 is 9.68 Å². The van der Waals surface area contributed by atoms with Gasteiger partial charge in [0.25, 0.3) is 0 Å². The zero-order valence-corrected chi connectivity index (χ0v) is 17.1. The van der Waals surface area contributed by atoms with Crippen LogP contribution in [0.25, 0.3) is 0 Å². The van der Waals surface area contributed by atoms with Crippen LogP contribution in [-0.2, 0) is 11.0 Å². The molecule has 0 fully saturated rings. The van der Waals surface area contributed by atoms with Gasteiger partial charge in [-0.25, -0.2) is 0 Å². The van der Waals surface area contributed by atoms with E-state index >= 15 is 0 Å². The molecular formula is C20H20F3N3O2S. The smallest absolute Gasteiger partial charge is 0.399 e. The first-order chi connectivity index (χ1) is 13.8. The van der Waals surface area contributed by atoms with Gasteiger partial charge >= 0.3 is 6.18 Å². The van der Waals surface area contributed by atoms with E-state index in [1.807, 2.05) is 30.5 Å². The molecule has 0 aliphatic rings. The summed E-state index contributed by atoms with van der Waals surface area (Å²) in [5.41, 5.74) is 1.57. The fraction of sp³-hybridized carbons (Fsp3) is 0.250. The Morgan fingerprint density at radius 2 is 1.69 bits per heavy atom. The lowest BCUT2D eigenvalue weighted by atomic mass is 10.0. The van der Waals surface area contributed by atoms with Crippen LogP contribution in [0.5, 0.6) is 5.75 Å². The fourth-order valence-electron chi connectivity index (χ4n) is 2.49. The van der Waals surface area contributed by atoms with E-state index in [-0.39, 0.29) is 5.75 Å². The van der Waals surface area contributed by atoms with E-state index in [0.29, 0.717) is 27.6 Å². The second-order valence-electron chi connectivity index (χ2n) is 5.69. The highest BCUT2D eigenvalue weighted by atomic mass is 32.2. The van der Waals surface area contributed by atoms with Crippen molar-refractivity contribution in [2.24, 2.45) is 15.3 Å². The van der Waals surface area contributed by atoms with Gasteiger partial charge in [0.15, 0.2) is 5.75 Å². The first-order valence-electron chi connectivity index (χ1n) is 8.42. The average Bonchev–Trinajstić information content (AvgIpc) is 2.72. The molecule has 0 aromatic heterocycles. The second kappa shape index (κ2) is 10.1. The minimum atomic E-state index is -4.45. The molecule has 2 aromatic carbocycles. The number of hydrogen-bond acceptors (Lipinski definition) is 6. The number of halogens is 3. The number of hydrogen-bond donors (Lipinski definition) is 0. The van der Waals surface area contributed by atoms with Crippen molar-refractivity contribution >= 4 is 28.2 Å². The Morgan fingerprint density at radius 1 is 1.00 bits per heavy atom. The van der Waals surface area contributed by atoms with Gasteiger partial charge in [-0.15, -0.1) is 11.8 Å². The van der Waals surface area contributed by atoms with Gasteiger partial charge in [-0.1, -0.05) is 40.6 Å². The van der Waals surface area contributed by atoms with Gasteiger partial charge in [-0.2, -0.15) is 13.2 Å². The number of oxime groups is 2. The van der Waals surface area contributed by atoms with Crippen molar-refractivity contribution in [2.75, 3.05) is 20.4 Å². The Kier molecular flexibility index (Phi) is 7.83. The quantitative estimate of drug-likeness (QED) is 0.362. The summed E-state index contributed by atoms with van der Waals surface area (Å²) >= 11 is 1.41. The van der Waals surface area contributed by atoms with Crippen molar-refractivity contribution in [1.82, 2.24) is 0 Å². The lowest BCUT2D eigenvalue weighted by Gasteiger charge is -2.12. The van der Waals surface area contributed by atoms with E-state index in [9.17, 15) is 13.2 Å². The molecule has 0 saturated heterocycles. The maximum Gasteiger partial charge on any atom is 0.416 e. The predicted octanol–water partition coefficient (Wildman–Crippen LogP) is 5.25. The molecular weight excluding hydrogens is 403 g/mol. The molecule has 2 rings (SSSR count). The Morgan fingerprint density at radius 3 is 2.28 bits per heavy atom. The van der Waals surface area contributed by atoms with Crippen LogP contribution < -0.4 is 4.84 Å². The van der Waals surface area contributed by atoms with Crippen molar-refractivity contribution in [2.45, 2.75) is 13.1 Å². The number of thioether (sulfide) groups is 1. The van der Waals surface area contributed by atoms with Crippen LogP contribution >= 0.6 is 11.8 Å². The largest absolute Gasteiger partial charge is 0.416 e. The van der Waals surface area contributed by atoms with Crippen LogP contribution in [0.15, 0.2) is 63.8 Å². The first kappa shape index (κ1) is 22.5. The van der Waals surface area contributed by atoms with Crippen molar-refractivity contribution < 1.29 is 22.8 Å². The van der Waals surface area contributed by atoms with E-state index in [2.05, 4.69) is 15.3 Å². The molecule has 0 atom stereocenters. The number of benzene rings is 2. The summed E-state index contributed by atoms with van der Waals surface area (Å²) in [6.45, 7) is 1.69. The average molecular weight is 423 g/mol. The van der Waals surface area contributed by atoms with Crippen molar-refractivity contribution in [3.05, 3.63) is 65.2 Å². The third-order valence-electron chi connectivity index (χ3n) is 3.80. The van der Waals surface area contributed by atoms with Crippen molar-refractivity contribution in [3.63, 3.8) is 0 Å². The topological polar surface area (TPSA) is 55.5 Å². The molecule has 0 bridgehead atoms. The van der Waals surface area contributed by atoms with Crippen LogP contribution in [0.1, 0.15) is 23.6 Å². The van der Waals surface area contributed by atoms with Gasteiger partial charge in [0.2, 0.25) is 0 Å². The lowest BCUT2D eigenvalue weighted by molar-refractivity contribution is -0.137. The molecule has 0 amide bonds. The Hall–Kier alpha value is -2.81. The van der Waals surface area contributed by atoms with E-state index in [4.69, 9.17) is 9.68 Å². The molecule has 2 aromatic rings. The second-order valence-corrected chi connectivity index (χ2v) is 6.49. The minimum absolute atomic E-state index is 0.0117. The normalized spacial score (nSPS) is 13.4. The molecule has 154 valence electrons. The zero-order valence-electron chi connectivity index (χ0n) is 16.3. The summed E-state index contributed by atoms with van der Waals surface area (Å²) in [7, 11) is 3.09. The van der Waals surface area contributed by atoms with E-state index in [0.717, 1.165) is 12.1 Å². The molecule has 0 aliphatic heterocycles. The molecule has 5 nitrogen and oxygen atoms in total. The Balaban J connectivity index is 2.39. The first-order valence-corrected chi connectivity index (χ1v) is 9.65. The molecule has 0 heterocycles. The lowest BCUT2D eigenvalue weighted by Crippen LogP contribution is -2.17. The zero-order chi connectivity index (χ0) is 21.4. The third kappa shape index (κ3) is 5.83. The molecule has 0 spiro atoms. The fourth-order valence-corrected chi connectivity index (χ4v) is 3.02. The predicted molar refractivity (Wildman–Crippen MR) is 111 cm³/mol. The summed E-state index contributed by atoms with van der Waals surface area (Å²) < 4.78 is 38.6. The van der Waals surface area contributed by atoms with E-state index in [1.54, 1.807) is 14.0 Å². The molecule has 0 radical (unpaired) electrons. The molecule has 0 aliphatic carbocycles. The third-order valence-corrected chi connectivity index (χ3v) is 4.57. The van der Waals surface area contributed by atoms with E-state index < -0.39 is 11.7 Å². The number of nitrogens with zero attached hydrogens (tertiary/aromatic N) is 3. The Bertz CT molecular complexity index is 941. The number of alkyl halides is 3. The summed E-state index contributed by atoms with van der Waals surface area (Å²) in [5.74, 6) is -0.0117. The van der Waals surface area contributed by atoms with Gasteiger partial charge in [0.05, 0.1) is 11.3 Å². The standard InChI is InChI=1S/C20H20F3N3O2S/c1-13(25-28-15-9-7-8-14(12-15)20(21,22)23)16-10-5-6-11-17(16)18(26-27-3)19(24-2)29-4/h5-12H,1-4H3. The van der Waals surface area contributed by atoms with Crippen LogP contribution in [0.2, 0.25) is 0 Å². The molecule has 0 saturated carbocycles. The minimum Gasteiger partial charge on any atom is -0.399 e. The van der Waals surface area contributed by atoms with Gasteiger partial charge in [0, 0.05) is 18.2 Å². The molecule has 9 heteroatoms. The SMILES string of the molecule is CN=C(SC)C(=NOC)c1ccccc1C(C)=NOc1cccc(C(F)(F)F)c1. The van der Waals surface area contributed by atoms with Crippen molar-refractivity contribution in [1.29, 1.82) is 0 Å². The van der Waals surface area contributed by atoms with Crippen LogP contribution in [0, 0.1) is 0 Å². The van der Waals surface area contributed by atoms with Gasteiger partial charge in [-0.05, 0) is 31.4 Å². The Labute approximate surface area is 171 Å². The number of aliphatic imine (C=N–C) groups is 1. The highest BCUT2D eigenvalue weighted by Gasteiger charge is 2.30. The van der Waals surface area contributed by atoms with Crippen LogP contribution in [0.3, 0.4) is 0 Å². The molecule has 29 heavy (non-hydrogen) atoms. The van der Waals surface area contributed by atoms with Crippen LogP contribution in [0.4, 0.5) is 13.2 Å². The van der Waals surface area contributed by atoms with Crippen molar-refractivity contribution in [3.8, 4) is 5.75 Å². The summed E-state index contributed by atoms with van der Waals surface area (Å²) in [6, 6.07) is 11.8. The molecule has 0 N–H and O–H groups in total. The summed E-state index contributed by atoms with van der Waals surface area (Å²) in [6.07, 6.45) is -2.59. The maximum absolute atomic E-state index is 12.9. The highest BCUT2D eigenvalue weighted by molar-refractivity contribution is 8.15. The maximum atomic E-state index is 12.9. The summed E-state index contributed by atoms with van der Waals surface area (Å²) in [4.78, 5) is 14.4. The molecule has 0 unspecified atom stereocenters. The highest BCUT2D eigenvalue weighted by Crippen LogP contribution is 2.31. The summed E-state index contributed by atoms with van der Waals surface area (Å²) in [5, 5.41) is 8.75. The van der Waals surface area contributed by atoms with E-state index in [1.165, 1.54) is 31.0 Å². The monoisotopic (exact) mass is 423 g/mol. The van der Waals surface area contributed by atoms with Crippen LogP contribution in [-0.4, -0.2) is 36.9 Å².